The molecule has 7 nitrogen and oxygen atoms in total. The Labute approximate surface area is 194 Å². The van der Waals surface area contributed by atoms with Gasteiger partial charge in [0.1, 0.15) is 18.2 Å². The second kappa shape index (κ2) is 9.46. The first kappa shape index (κ1) is 21.4. The maximum absolute atomic E-state index is 10.9. The van der Waals surface area contributed by atoms with Gasteiger partial charge in [0.15, 0.2) is 0 Å². The molecule has 4 aromatic rings. The summed E-state index contributed by atoms with van der Waals surface area (Å²) in [6, 6.07) is 15.6. The van der Waals surface area contributed by atoms with Crippen LogP contribution in [-0.4, -0.2) is 15.9 Å². The molecular formula is C22H14N3NaO4. The number of nitrogens with zero attached hydrogens (tertiary/aromatic N) is 2. The third kappa shape index (κ3) is 4.47. The smallest absolute Gasteiger partial charge is 0.545 e. The van der Waals surface area contributed by atoms with Gasteiger partial charge in [0.05, 0.1) is 29.9 Å². The number of benzene rings is 1. The normalized spacial score (nSPS) is 10.1. The van der Waals surface area contributed by atoms with Gasteiger partial charge in [-0.25, -0.2) is 4.98 Å². The molecule has 0 unspecified atom stereocenters. The van der Waals surface area contributed by atoms with Crippen molar-refractivity contribution in [1.29, 1.82) is 5.26 Å². The molecule has 0 bridgehead atoms. The van der Waals surface area contributed by atoms with Gasteiger partial charge in [0, 0.05) is 17.3 Å². The molecule has 0 aliphatic rings. The first-order chi connectivity index (χ1) is 14.2. The van der Waals surface area contributed by atoms with Gasteiger partial charge in [-0.3, -0.25) is 0 Å². The van der Waals surface area contributed by atoms with Crippen LogP contribution in [0, 0.1) is 11.3 Å². The maximum atomic E-state index is 10.9. The molecule has 0 atom stereocenters. The van der Waals surface area contributed by atoms with Gasteiger partial charge < -0.3 is 24.0 Å². The topological polar surface area (TPSA) is 115 Å². The zero-order valence-corrected chi connectivity index (χ0v) is 18.1. The molecule has 0 aliphatic heterocycles. The summed E-state index contributed by atoms with van der Waals surface area (Å²) in [6.45, 7) is 0.119. The average Bonchev–Trinajstić information content (AvgIpc) is 3.46. The van der Waals surface area contributed by atoms with Crippen LogP contribution in [-0.2, 0) is 6.61 Å². The summed E-state index contributed by atoms with van der Waals surface area (Å²) >= 11 is 0. The van der Waals surface area contributed by atoms with Gasteiger partial charge in [-0.05, 0) is 35.4 Å². The molecule has 0 fully saturated rings. The summed E-state index contributed by atoms with van der Waals surface area (Å²) in [5.41, 5.74) is 3.88. The van der Waals surface area contributed by atoms with Crippen molar-refractivity contribution in [3.8, 4) is 34.5 Å². The van der Waals surface area contributed by atoms with Crippen molar-refractivity contribution in [1.82, 2.24) is 9.97 Å². The maximum Gasteiger partial charge on any atom is 1.00 e. The quantitative estimate of drug-likeness (QED) is 0.455. The van der Waals surface area contributed by atoms with Gasteiger partial charge in [-0.2, -0.15) is 5.26 Å². The van der Waals surface area contributed by atoms with E-state index in [0.29, 0.717) is 11.3 Å². The van der Waals surface area contributed by atoms with Gasteiger partial charge in [0.2, 0.25) is 5.88 Å². The largest absolute Gasteiger partial charge is 1.00 e. The van der Waals surface area contributed by atoms with E-state index in [2.05, 4.69) is 16.0 Å². The van der Waals surface area contributed by atoms with E-state index >= 15 is 0 Å². The molecule has 0 radical (unpaired) electrons. The standard InChI is InChI=1S/C22H15N3O4.Na/c23-11-18-17(16-7-9-28-13-16)10-20(19-2-1-8-24-19)25-21(18)29-12-14-3-5-15(6-4-14)22(26)27;/h1-10,13,24H,12H2,(H,26,27);/q;+1/p-1. The predicted molar refractivity (Wildman–Crippen MR) is 102 cm³/mol. The summed E-state index contributed by atoms with van der Waals surface area (Å²) in [5.74, 6) is -1.06. The number of aromatic nitrogens is 2. The fourth-order valence-corrected chi connectivity index (χ4v) is 2.90. The Hall–Kier alpha value is -3.31. The van der Waals surface area contributed by atoms with Crippen molar-refractivity contribution >= 4 is 5.97 Å². The summed E-state index contributed by atoms with van der Waals surface area (Å²) in [7, 11) is 0. The van der Waals surface area contributed by atoms with Crippen LogP contribution in [0.4, 0.5) is 0 Å². The molecule has 0 aliphatic carbocycles. The molecule has 4 rings (SSSR count). The van der Waals surface area contributed by atoms with Crippen LogP contribution in [0.1, 0.15) is 21.5 Å². The van der Waals surface area contributed by atoms with E-state index in [4.69, 9.17) is 9.15 Å². The second-order valence-electron chi connectivity index (χ2n) is 6.22. The van der Waals surface area contributed by atoms with Gasteiger partial charge >= 0.3 is 29.6 Å². The molecule has 1 aromatic carbocycles. The molecule has 3 aromatic heterocycles. The number of nitriles is 1. The number of rotatable bonds is 6. The van der Waals surface area contributed by atoms with E-state index in [1.54, 1.807) is 36.7 Å². The monoisotopic (exact) mass is 407 g/mol. The number of H-pyrrole nitrogens is 1. The van der Waals surface area contributed by atoms with E-state index in [1.807, 2.05) is 12.1 Å². The van der Waals surface area contributed by atoms with Gasteiger partial charge in [-0.1, -0.05) is 24.3 Å². The van der Waals surface area contributed by atoms with Crippen molar-refractivity contribution in [3.05, 3.63) is 83.9 Å². The van der Waals surface area contributed by atoms with Crippen LogP contribution >= 0.6 is 0 Å². The fraction of sp³-hybridized carbons (Fsp3) is 0.0455. The Morgan fingerprint density at radius 3 is 2.63 bits per heavy atom. The first-order valence-electron chi connectivity index (χ1n) is 8.70. The number of carbonyl (C=O) groups is 1. The third-order valence-electron chi connectivity index (χ3n) is 4.37. The minimum atomic E-state index is -1.24. The summed E-state index contributed by atoms with van der Waals surface area (Å²) in [6.07, 6.45) is 4.87. The Bertz CT molecular complexity index is 1180. The number of hydrogen-bond acceptors (Lipinski definition) is 6. The molecule has 0 amide bonds. The molecule has 0 saturated heterocycles. The number of aromatic carboxylic acids is 1. The molecule has 3 heterocycles. The Morgan fingerprint density at radius 2 is 2.03 bits per heavy atom. The fourth-order valence-electron chi connectivity index (χ4n) is 2.90. The number of carbonyl (C=O) groups excluding carboxylic acids is 1. The predicted octanol–water partition coefficient (Wildman–Crippen LogP) is 0.155. The number of furan rings is 1. The Balaban J connectivity index is 0.00000256. The summed E-state index contributed by atoms with van der Waals surface area (Å²) in [4.78, 5) is 18.5. The number of pyridine rings is 1. The first-order valence-corrected chi connectivity index (χ1v) is 8.70. The summed E-state index contributed by atoms with van der Waals surface area (Å²) in [5, 5.41) is 20.6. The molecule has 142 valence electrons. The van der Waals surface area contributed by atoms with Crippen LogP contribution in [0.5, 0.6) is 5.88 Å². The molecule has 0 saturated carbocycles. The number of ether oxygens (including phenoxy) is 1. The average molecular weight is 407 g/mol. The molecular weight excluding hydrogens is 393 g/mol. The minimum absolute atomic E-state index is 0. The van der Waals surface area contributed by atoms with Crippen LogP contribution in [0.25, 0.3) is 22.5 Å². The summed E-state index contributed by atoms with van der Waals surface area (Å²) < 4.78 is 11.0. The van der Waals surface area contributed by atoms with Gasteiger partial charge in [-0.15, -0.1) is 0 Å². The molecule has 8 heteroatoms. The minimum Gasteiger partial charge on any atom is -0.545 e. The molecule has 0 spiro atoms. The van der Waals surface area contributed by atoms with Crippen molar-refractivity contribution in [3.63, 3.8) is 0 Å². The van der Waals surface area contributed by atoms with Gasteiger partial charge in [0.25, 0.3) is 0 Å². The number of hydrogen-bond donors (Lipinski definition) is 1. The van der Waals surface area contributed by atoms with Crippen molar-refractivity contribution in [2.24, 2.45) is 0 Å². The van der Waals surface area contributed by atoms with Crippen LogP contribution in [0.2, 0.25) is 0 Å². The molecule has 30 heavy (non-hydrogen) atoms. The van der Waals surface area contributed by atoms with Crippen molar-refractivity contribution in [2.45, 2.75) is 6.61 Å². The van der Waals surface area contributed by atoms with Crippen LogP contribution in [0.3, 0.4) is 0 Å². The Kier molecular flexibility index (Phi) is 6.75. The number of aromatic amines is 1. The van der Waals surface area contributed by atoms with E-state index in [0.717, 1.165) is 16.8 Å². The van der Waals surface area contributed by atoms with Crippen LogP contribution in [0.15, 0.2) is 71.7 Å². The second-order valence-corrected chi connectivity index (χ2v) is 6.22. The van der Waals surface area contributed by atoms with Crippen LogP contribution < -0.4 is 39.4 Å². The van der Waals surface area contributed by atoms with E-state index in [1.165, 1.54) is 18.4 Å². The van der Waals surface area contributed by atoms with Crippen molar-refractivity contribution in [2.75, 3.05) is 0 Å². The van der Waals surface area contributed by atoms with E-state index < -0.39 is 5.97 Å². The number of nitrogens with one attached hydrogen (secondary N) is 1. The number of carboxylic acid groups (broad SMARTS) is 1. The number of carboxylic acids is 1. The Morgan fingerprint density at radius 1 is 1.23 bits per heavy atom. The molecule has 1 N–H and O–H groups in total. The van der Waals surface area contributed by atoms with E-state index in [-0.39, 0.29) is 53.2 Å². The SMILES string of the molecule is N#Cc1c(-c2ccoc2)cc(-c2ccc[nH]2)nc1OCc1ccc(C(=O)[O-])cc1.[Na+]. The van der Waals surface area contributed by atoms with E-state index in [9.17, 15) is 15.2 Å². The van der Waals surface area contributed by atoms with Crippen molar-refractivity contribution < 1.29 is 48.6 Å². The zero-order valence-electron chi connectivity index (χ0n) is 16.1. The third-order valence-corrected chi connectivity index (χ3v) is 4.37. The zero-order chi connectivity index (χ0) is 20.2.